The van der Waals surface area contributed by atoms with Crippen LogP contribution in [0.4, 0.5) is 0 Å². The summed E-state index contributed by atoms with van der Waals surface area (Å²) >= 11 is 0. The molecule has 3 heterocycles. The summed E-state index contributed by atoms with van der Waals surface area (Å²) in [7, 11) is 3.54. The van der Waals surface area contributed by atoms with Crippen molar-refractivity contribution in [3.8, 4) is 11.8 Å². The second-order valence-electron chi connectivity index (χ2n) is 6.70. The molecule has 0 N–H and O–H groups in total. The molecule has 3 aromatic rings. The van der Waals surface area contributed by atoms with Crippen LogP contribution in [0.25, 0.3) is 10.9 Å². The van der Waals surface area contributed by atoms with Gasteiger partial charge in [-0.2, -0.15) is 0 Å². The summed E-state index contributed by atoms with van der Waals surface area (Å²) in [5.74, 6) is 0.843. The summed E-state index contributed by atoms with van der Waals surface area (Å²) in [4.78, 5) is 22.9. The lowest BCUT2D eigenvalue weighted by Gasteiger charge is -2.17. The molecular formula is C20H22N4O3. The zero-order chi connectivity index (χ0) is 18.8. The Morgan fingerprint density at radius 1 is 1.22 bits per heavy atom. The normalized spacial score (nSPS) is 16.7. The van der Waals surface area contributed by atoms with Crippen LogP contribution >= 0.6 is 0 Å². The first-order valence-corrected chi connectivity index (χ1v) is 8.98. The Morgan fingerprint density at radius 2 is 2.00 bits per heavy atom. The number of fused-ring (bicyclic) bond motifs is 1. The van der Waals surface area contributed by atoms with Gasteiger partial charge in [-0.15, -0.1) is 0 Å². The van der Waals surface area contributed by atoms with Crippen molar-refractivity contribution in [2.45, 2.75) is 18.9 Å². The van der Waals surface area contributed by atoms with Gasteiger partial charge in [0.1, 0.15) is 6.10 Å². The first-order valence-electron chi connectivity index (χ1n) is 8.98. The second-order valence-corrected chi connectivity index (χ2v) is 6.70. The Balaban J connectivity index is 1.42. The molecule has 1 saturated heterocycles. The summed E-state index contributed by atoms with van der Waals surface area (Å²) in [5, 5.41) is 1.13. The van der Waals surface area contributed by atoms with Crippen molar-refractivity contribution in [1.29, 1.82) is 0 Å². The molecule has 4 rings (SSSR count). The highest BCUT2D eigenvalue weighted by Crippen LogP contribution is 2.25. The molecule has 1 atom stereocenters. The molecule has 7 heteroatoms. The minimum atomic E-state index is -0.105. The number of aromatic nitrogens is 3. The van der Waals surface area contributed by atoms with Crippen molar-refractivity contribution < 1.29 is 14.3 Å². The predicted molar refractivity (Wildman–Crippen MR) is 101 cm³/mol. The fraction of sp³-hybridized carbons (Fsp3) is 0.350. The van der Waals surface area contributed by atoms with E-state index in [4.69, 9.17) is 9.47 Å². The van der Waals surface area contributed by atoms with Gasteiger partial charge in [0.25, 0.3) is 11.8 Å². The van der Waals surface area contributed by atoms with E-state index in [0.29, 0.717) is 31.3 Å². The maximum Gasteiger partial charge on any atom is 0.278 e. The number of hydrogen-bond acceptors (Lipinski definition) is 5. The molecule has 2 aromatic heterocycles. The van der Waals surface area contributed by atoms with Gasteiger partial charge >= 0.3 is 0 Å². The predicted octanol–water partition coefficient (Wildman–Crippen LogP) is 2.20. The van der Waals surface area contributed by atoms with E-state index in [1.807, 2.05) is 30.3 Å². The quantitative estimate of drug-likeness (QED) is 0.692. The van der Waals surface area contributed by atoms with Gasteiger partial charge < -0.3 is 18.9 Å². The van der Waals surface area contributed by atoms with E-state index >= 15 is 0 Å². The highest BCUT2D eigenvalue weighted by Gasteiger charge is 2.29. The van der Waals surface area contributed by atoms with Crippen molar-refractivity contribution in [2.75, 3.05) is 20.2 Å². The van der Waals surface area contributed by atoms with Gasteiger partial charge in [0.05, 0.1) is 20.1 Å². The zero-order valence-corrected chi connectivity index (χ0v) is 15.5. The highest BCUT2D eigenvalue weighted by molar-refractivity contribution is 5.89. The summed E-state index contributed by atoms with van der Waals surface area (Å²) in [6.07, 6.45) is 6.21. The van der Waals surface area contributed by atoms with Crippen LogP contribution in [0.1, 0.15) is 12.0 Å². The number of rotatable bonds is 5. The number of benzene rings is 1. The zero-order valence-electron chi connectivity index (χ0n) is 15.5. The van der Waals surface area contributed by atoms with Crippen molar-refractivity contribution in [2.24, 2.45) is 7.05 Å². The second kappa shape index (κ2) is 7.26. The van der Waals surface area contributed by atoms with Gasteiger partial charge in [-0.3, -0.25) is 4.79 Å². The lowest BCUT2D eigenvalue weighted by Crippen LogP contribution is -2.32. The first-order chi connectivity index (χ1) is 13.2. The molecule has 0 unspecified atom stereocenters. The standard InChI is InChI=1S/C20H22N4O3/c1-23-12-14(16-5-3-4-6-17(16)23)11-18(25)24-10-7-15(13-24)27-20-19(26-2)21-8-9-22-20/h3-6,8-9,12,15H,7,10-11,13H2,1-2H3/t15-/m1/s1. The topological polar surface area (TPSA) is 69.5 Å². The number of likely N-dealkylation sites (tertiary alicyclic amines) is 1. The fourth-order valence-corrected chi connectivity index (χ4v) is 3.58. The summed E-state index contributed by atoms with van der Waals surface area (Å²) in [6, 6.07) is 8.15. The Bertz CT molecular complexity index is 969. The Hall–Kier alpha value is -3.09. The number of methoxy groups -OCH3 is 1. The lowest BCUT2D eigenvalue weighted by molar-refractivity contribution is -0.129. The SMILES string of the molecule is COc1nccnc1O[C@@H]1CCN(C(=O)Cc2cn(C)c3ccccc23)C1. The average molecular weight is 366 g/mol. The van der Waals surface area contributed by atoms with E-state index in [0.717, 1.165) is 22.9 Å². The van der Waals surface area contributed by atoms with E-state index in [-0.39, 0.29) is 12.0 Å². The molecule has 0 bridgehead atoms. The molecule has 27 heavy (non-hydrogen) atoms. The molecule has 140 valence electrons. The molecule has 0 aliphatic carbocycles. The number of carbonyl (C=O) groups is 1. The smallest absolute Gasteiger partial charge is 0.278 e. The molecule has 1 aromatic carbocycles. The van der Waals surface area contributed by atoms with Gasteiger partial charge in [-0.25, -0.2) is 9.97 Å². The third-order valence-electron chi connectivity index (χ3n) is 4.92. The maximum absolute atomic E-state index is 12.8. The number of carbonyl (C=O) groups excluding carboxylic acids is 1. The van der Waals surface area contributed by atoms with E-state index in [9.17, 15) is 4.79 Å². The van der Waals surface area contributed by atoms with E-state index in [1.165, 1.54) is 7.11 Å². The van der Waals surface area contributed by atoms with E-state index in [1.54, 1.807) is 12.4 Å². The Kier molecular flexibility index (Phi) is 4.66. The Morgan fingerprint density at radius 3 is 2.81 bits per heavy atom. The van der Waals surface area contributed by atoms with Gasteiger partial charge in [0.15, 0.2) is 0 Å². The molecule has 1 aliphatic heterocycles. The minimum Gasteiger partial charge on any atom is -0.477 e. The van der Waals surface area contributed by atoms with E-state index < -0.39 is 0 Å². The minimum absolute atomic E-state index is 0.105. The van der Waals surface area contributed by atoms with Gasteiger partial charge in [0, 0.05) is 49.5 Å². The van der Waals surface area contributed by atoms with Crippen LogP contribution in [0.15, 0.2) is 42.9 Å². The summed E-state index contributed by atoms with van der Waals surface area (Å²) < 4.78 is 13.1. The van der Waals surface area contributed by atoms with Gasteiger partial charge in [0.2, 0.25) is 5.91 Å². The summed E-state index contributed by atoms with van der Waals surface area (Å²) in [5.41, 5.74) is 2.19. The summed E-state index contributed by atoms with van der Waals surface area (Å²) in [6.45, 7) is 1.22. The van der Waals surface area contributed by atoms with Crippen molar-refractivity contribution in [3.63, 3.8) is 0 Å². The maximum atomic E-state index is 12.8. The number of hydrogen-bond donors (Lipinski definition) is 0. The average Bonchev–Trinajstić information content (AvgIpc) is 3.28. The monoisotopic (exact) mass is 366 g/mol. The number of nitrogens with zero attached hydrogens (tertiary/aromatic N) is 4. The molecule has 7 nitrogen and oxygen atoms in total. The Labute approximate surface area is 157 Å². The molecule has 0 saturated carbocycles. The third kappa shape index (κ3) is 3.45. The van der Waals surface area contributed by atoms with Crippen LogP contribution in [0.3, 0.4) is 0 Å². The van der Waals surface area contributed by atoms with Gasteiger partial charge in [-0.1, -0.05) is 18.2 Å². The van der Waals surface area contributed by atoms with Crippen molar-refractivity contribution >= 4 is 16.8 Å². The van der Waals surface area contributed by atoms with Crippen LogP contribution in [0.5, 0.6) is 11.8 Å². The molecule has 1 fully saturated rings. The third-order valence-corrected chi connectivity index (χ3v) is 4.92. The first kappa shape index (κ1) is 17.3. The van der Waals surface area contributed by atoms with Crippen molar-refractivity contribution in [3.05, 3.63) is 48.4 Å². The fourth-order valence-electron chi connectivity index (χ4n) is 3.58. The molecule has 1 aliphatic rings. The molecular weight excluding hydrogens is 344 g/mol. The van der Waals surface area contributed by atoms with Crippen LogP contribution < -0.4 is 9.47 Å². The molecule has 0 radical (unpaired) electrons. The molecule has 1 amide bonds. The lowest BCUT2D eigenvalue weighted by atomic mass is 10.1. The number of ether oxygens (including phenoxy) is 2. The van der Waals surface area contributed by atoms with Crippen LogP contribution in [-0.4, -0.2) is 51.6 Å². The highest BCUT2D eigenvalue weighted by atomic mass is 16.5. The van der Waals surface area contributed by atoms with E-state index in [2.05, 4.69) is 26.7 Å². The largest absolute Gasteiger partial charge is 0.477 e. The van der Waals surface area contributed by atoms with Crippen LogP contribution in [0, 0.1) is 0 Å². The molecule has 0 spiro atoms. The van der Waals surface area contributed by atoms with Crippen LogP contribution in [-0.2, 0) is 18.3 Å². The number of para-hydroxylation sites is 1. The number of aryl methyl sites for hydroxylation is 1. The van der Waals surface area contributed by atoms with Gasteiger partial charge in [-0.05, 0) is 11.6 Å². The number of amides is 1. The van der Waals surface area contributed by atoms with Crippen molar-refractivity contribution in [1.82, 2.24) is 19.4 Å². The van der Waals surface area contributed by atoms with Crippen LogP contribution in [0.2, 0.25) is 0 Å².